The van der Waals surface area contributed by atoms with Gasteiger partial charge >= 0.3 is 0 Å². The fourth-order valence-corrected chi connectivity index (χ4v) is 4.36. The minimum atomic E-state index is -3.76. The van der Waals surface area contributed by atoms with Gasteiger partial charge in [0.25, 0.3) is 5.91 Å². The average molecular weight is 441 g/mol. The maximum atomic E-state index is 12.9. The SMILES string of the molecule is CCN(CC)S(=O)(=O)c1cc(C(=O)Nc2ccc(Br)cc2)ccc1OC. The molecule has 2 rings (SSSR count). The van der Waals surface area contributed by atoms with Crippen molar-refractivity contribution in [1.82, 2.24) is 4.31 Å². The fourth-order valence-electron chi connectivity index (χ4n) is 2.46. The molecule has 0 heterocycles. The summed E-state index contributed by atoms with van der Waals surface area (Å²) in [7, 11) is -2.36. The zero-order chi connectivity index (χ0) is 19.3. The van der Waals surface area contributed by atoms with E-state index in [1.54, 1.807) is 38.1 Å². The molecule has 6 nitrogen and oxygen atoms in total. The second-order valence-electron chi connectivity index (χ2n) is 5.42. The van der Waals surface area contributed by atoms with E-state index in [-0.39, 0.29) is 16.2 Å². The second kappa shape index (κ2) is 8.66. The van der Waals surface area contributed by atoms with Crippen LogP contribution in [0, 0.1) is 0 Å². The average Bonchev–Trinajstić information content (AvgIpc) is 2.63. The first kappa shape index (κ1) is 20.4. The van der Waals surface area contributed by atoms with E-state index < -0.39 is 15.9 Å². The highest BCUT2D eigenvalue weighted by Gasteiger charge is 2.26. The second-order valence-corrected chi connectivity index (χ2v) is 8.24. The predicted octanol–water partition coefficient (Wildman–Crippen LogP) is 3.74. The zero-order valence-corrected chi connectivity index (χ0v) is 17.2. The summed E-state index contributed by atoms with van der Waals surface area (Å²) < 4.78 is 33.1. The quantitative estimate of drug-likeness (QED) is 0.711. The monoisotopic (exact) mass is 440 g/mol. The lowest BCUT2D eigenvalue weighted by Gasteiger charge is -2.20. The van der Waals surface area contributed by atoms with Crippen LogP contribution in [0.3, 0.4) is 0 Å². The number of sulfonamides is 1. The summed E-state index contributed by atoms with van der Waals surface area (Å²) in [6.07, 6.45) is 0. The van der Waals surface area contributed by atoms with E-state index in [1.807, 2.05) is 0 Å². The van der Waals surface area contributed by atoms with Crippen LogP contribution in [0.15, 0.2) is 51.8 Å². The van der Waals surface area contributed by atoms with Crippen molar-refractivity contribution in [2.75, 3.05) is 25.5 Å². The summed E-state index contributed by atoms with van der Waals surface area (Å²) in [6, 6.07) is 11.5. The van der Waals surface area contributed by atoms with Crippen LogP contribution >= 0.6 is 15.9 Å². The molecule has 0 aliphatic carbocycles. The molecule has 26 heavy (non-hydrogen) atoms. The third kappa shape index (κ3) is 4.44. The Labute approximate surface area is 162 Å². The Morgan fingerprint density at radius 1 is 1.12 bits per heavy atom. The van der Waals surface area contributed by atoms with Gasteiger partial charge in [0.2, 0.25) is 10.0 Å². The number of amides is 1. The van der Waals surface area contributed by atoms with Crippen molar-refractivity contribution >= 4 is 37.5 Å². The van der Waals surface area contributed by atoms with Crippen LogP contribution in [0.2, 0.25) is 0 Å². The summed E-state index contributed by atoms with van der Waals surface area (Å²) in [4.78, 5) is 12.5. The first-order chi connectivity index (χ1) is 12.3. The molecule has 0 radical (unpaired) electrons. The van der Waals surface area contributed by atoms with E-state index in [2.05, 4.69) is 21.2 Å². The van der Waals surface area contributed by atoms with Gasteiger partial charge in [-0.3, -0.25) is 4.79 Å². The van der Waals surface area contributed by atoms with Gasteiger partial charge in [0.1, 0.15) is 10.6 Å². The molecule has 0 atom stereocenters. The lowest BCUT2D eigenvalue weighted by Crippen LogP contribution is -2.31. The van der Waals surface area contributed by atoms with Crippen LogP contribution in [0.5, 0.6) is 5.75 Å². The summed E-state index contributed by atoms with van der Waals surface area (Å²) in [6.45, 7) is 4.18. The van der Waals surface area contributed by atoms with Crippen LogP contribution in [0.1, 0.15) is 24.2 Å². The van der Waals surface area contributed by atoms with Crippen LogP contribution in [0.25, 0.3) is 0 Å². The lowest BCUT2D eigenvalue weighted by molar-refractivity contribution is 0.102. The molecule has 0 unspecified atom stereocenters. The van der Waals surface area contributed by atoms with E-state index in [4.69, 9.17) is 4.74 Å². The molecule has 1 N–H and O–H groups in total. The van der Waals surface area contributed by atoms with Gasteiger partial charge in [-0.25, -0.2) is 8.42 Å². The summed E-state index contributed by atoms with van der Waals surface area (Å²) in [5.74, 6) is -0.192. The van der Waals surface area contributed by atoms with Crippen molar-refractivity contribution in [2.24, 2.45) is 0 Å². The summed E-state index contributed by atoms with van der Waals surface area (Å²) in [5.41, 5.74) is 0.849. The van der Waals surface area contributed by atoms with Gasteiger partial charge in [-0.05, 0) is 42.5 Å². The smallest absolute Gasteiger partial charge is 0.255 e. The van der Waals surface area contributed by atoms with E-state index in [9.17, 15) is 13.2 Å². The first-order valence-electron chi connectivity index (χ1n) is 8.08. The Hall–Kier alpha value is -1.90. The van der Waals surface area contributed by atoms with E-state index in [1.165, 1.54) is 29.6 Å². The van der Waals surface area contributed by atoms with Crippen LogP contribution in [-0.2, 0) is 10.0 Å². The zero-order valence-electron chi connectivity index (χ0n) is 14.8. The van der Waals surface area contributed by atoms with Crippen molar-refractivity contribution in [3.05, 3.63) is 52.5 Å². The highest BCUT2D eigenvalue weighted by atomic mass is 79.9. The highest BCUT2D eigenvalue weighted by Crippen LogP contribution is 2.28. The third-order valence-electron chi connectivity index (χ3n) is 3.85. The summed E-state index contributed by atoms with van der Waals surface area (Å²) >= 11 is 3.33. The molecule has 0 spiro atoms. The molecule has 0 saturated heterocycles. The molecular formula is C18H21BrN2O4S. The number of carbonyl (C=O) groups excluding carboxylic acids is 1. The molecule has 0 aromatic heterocycles. The minimum Gasteiger partial charge on any atom is -0.495 e. The molecular weight excluding hydrogens is 420 g/mol. The van der Waals surface area contributed by atoms with Crippen LogP contribution in [-0.4, -0.2) is 38.8 Å². The van der Waals surface area contributed by atoms with Gasteiger partial charge in [-0.15, -0.1) is 0 Å². The number of methoxy groups -OCH3 is 1. The van der Waals surface area contributed by atoms with Gasteiger partial charge < -0.3 is 10.1 Å². The molecule has 8 heteroatoms. The molecule has 0 bridgehead atoms. The minimum absolute atomic E-state index is 0.0212. The van der Waals surface area contributed by atoms with Crippen LogP contribution < -0.4 is 10.1 Å². The first-order valence-corrected chi connectivity index (χ1v) is 10.3. The third-order valence-corrected chi connectivity index (χ3v) is 6.45. The van der Waals surface area contributed by atoms with Crippen molar-refractivity contribution in [3.63, 3.8) is 0 Å². The molecule has 140 valence electrons. The molecule has 0 aliphatic heterocycles. The molecule has 0 saturated carbocycles. The number of rotatable bonds is 7. The summed E-state index contributed by atoms with van der Waals surface area (Å²) in [5, 5.41) is 2.75. The molecule has 2 aromatic carbocycles. The van der Waals surface area contributed by atoms with Gasteiger partial charge in [-0.2, -0.15) is 4.31 Å². The Morgan fingerprint density at radius 3 is 2.27 bits per heavy atom. The van der Waals surface area contributed by atoms with Gasteiger partial charge in [0, 0.05) is 28.8 Å². The number of ether oxygens (including phenoxy) is 1. The highest BCUT2D eigenvalue weighted by molar-refractivity contribution is 9.10. The Morgan fingerprint density at radius 2 is 1.73 bits per heavy atom. The normalized spacial score (nSPS) is 11.4. The van der Waals surface area contributed by atoms with Crippen molar-refractivity contribution < 1.29 is 17.9 Å². The van der Waals surface area contributed by atoms with E-state index in [0.717, 1.165) is 4.47 Å². The number of benzene rings is 2. The Balaban J connectivity index is 2.39. The Bertz CT molecular complexity index is 879. The fraction of sp³-hybridized carbons (Fsp3) is 0.278. The molecule has 2 aromatic rings. The maximum absolute atomic E-state index is 12.9. The van der Waals surface area contributed by atoms with Gasteiger partial charge in [0.15, 0.2) is 0 Å². The number of hydrogen-bond donors (Lipinski definition) is 1. The molecule has 1 amide bonds. The number of carbonyl (C=O) groups is 1. The van der Waals surface area contributed by atoms with E-state index >= 15 is 0 Å². The number of anilines is 1. The van der Waals surface area contributed by atoms with E-state index in [0.29, 0.717) is 18.8 Å². The largest absolute Gasteiger partial charge is 0.495 e. The predicted molar refractivity (Wildman–Crippen MR) is 105 cm³/mol. The molecule has 0 fully saturated rings. The molecule has 0 aliphatic rings. The lowest BCUT2D eigenvalue weighted by atomic mass is 10.2. The van der Waals surface area contributed by atoms with Crippen molar-refractivity contribution in [3.8, 4) is 5.75 Å². The topological polar surface area (TPSA) is 75.7 Å². The number of halogens is 1. The van der Waals surface area contributed by atoms with Gasteiger partial charge in [0.05, 0.1) is 7.11 Å². The van der Waals surface area contributed by atoms with Gasteiger partial charge in [-0.1, -0.05) is 29.8 Å². The Kier molecular flexibility index (Phi) is 6.80. The van der Waals surface area contributed by atoms with Crippen molar-refractivity contribution in [1.29, 1.82) is 0 Å². The maximum Gasteiger partial charge on any atom is 0.255 e. The number of nitrogens with one attached hydrogen (secondary N) is 1. The van der Waals surface area contributed by atoms with Crippen molar-refractivity contribution in [2.45, 2.75) is 18.7 Å². The van der Waals surface area contributed by atoms with Crippen LogP contribution in [0.4, 0.5) is 5.69 Å². The number of hydrogen-bond acceptors (Lipinski definition) is 4. The number of nitrogens with zero attached hydrogens (tertiary/aromatic N) is 1. The standard InChI is InChI=1S/C18H21BrN2O4S/c1-4-21(5-2)26(23,24)17-12-13(6-11-16(17)25-3)18(22)20-15-9-7-14(19)8-10-15/h6-12H,4-5H2,1-3H3,(H,20,22).